The number of nitrogens with one attached hydrogen (secondary N) is 1. The Kier molecular flexibility index (Phi) is 6.50. The summed E-state index contributed by atoms with van der Waals surface area (Å²) in [6.45, 7) is 5.48. The van der Waals surface area contributed by atoms with Crippen molar-refractivity contribution in [2.24, 2.45) is 0 Å². The van der Waals surface area contributed by atoms with Crippen LogP contribution in [0.3, 0.4) is 0 Å². The SMILES string of the molecule is CCC(CC)(CC)NS(=O)(=O)c1cc(CO)c(Cl)cc1Cl. The average Bonchev–Trinajstić information content (AvgIpc) is 2.44. The van der Waals surface area contributed by atoms with Gasteiger partial charge in [0, 0.05) is 10.6 Å². The molecule has 0 unspecified atom stereocenters. The Labute approximate surface area is 136 Å². The van der Waals surface area contributed by atoms with E-state index in [1.165, 1.54) is 12.1 Å². The van der Waals surface area contributed by atoms with E-state index in [9.17, 15) is 13.5 Å². The van der Waals surface area contributed by atoms with Crippen molar-refractivity contribution >= 4 is 33.2 Å². The molecule has 0 aliphatic heterocycles. The number of aliphatic hydroxyl groups is 1. The number of halogens is 2. The van der Waals surface area contributed by atoms with Crippen molar-refractivity contribution in [2.45, 2.75) is 57.1 Å². The topological polar surface area (TPSA) is 66.4 Å². The van der Waals surface area contributed by atoms with Crippen LogP contribution in [0, 0.1) is 0 Å². The molecule has 7 heteroatoms. The van der Waals surface area contributed by atoms with Crippen LogP contribution in [-0.4, -0.2) is 19.1 Å². The quantitative estimate of drug-likeness (QED) is 0.784. The minimum absolute atomic E-state index is 0.0434. The Hall–Kier alpha value is -0.330. The Bertz CT molecular complexity index is 590. The molecule has 1 aromatic rings. The molecule has 0 aromatic heterocycles. The van der Waals surface area contributed by atoms with E-state index < -0.39 is 15.6 Å². The van der Waals surface area contributed by atoms with Gasteiger partial charge in [-0.2, -0.15) is 0 Å². The van der Waals surface area contributed by atoms with Crippen molar-refractivity contribution in [1.29, 1.82) is 0 Å². The molecule has 120 valence electrons. The second kappa shape index (κ2) is 7.29. The van der Waals surface area contributed by atoms with E-state index >= 15 is 0 Å². The Morgan fingerprint density at radius 2 is 1.62 bits per heavy atom. The molecule has 21 heavy (non-hydrogen) atoms. The van der Waals surface area contributed by atoms with E-state index in [1.54, 1.807) is 0 Å². The smallest absolute Gasteiger partial charge is 0.242 e. The third-order valence-corrected chi connectivity index (χ3v) is 6.34. The van der Waals surface area contributed by atoms with E-state index in [4.69, 9.17) is 23.2 Å². The lowest BCUT2D eigenvalue weighted by Crippen LogP contribution is -2.47. The summed E-state index contributed by atoms with van der Waals surface area (Å²) in [5.74, 6) is 0. The molecular formula is C14H21Cl2NO3S. The molecule has 2 N–H and O–H groups in total. The third-order valence-electron chi connectivity index (χ3n) is 3.94. The lowest BCUT2D eigenvalue weighted by Gasteiger charge is -2.31. The van der Waals surface area contributed by atoms with Gasteiger partial charge in [0.25, 0.3) is 0 Å². The molecule has 0 atom stereocenters. The van der Waals surface area contributed by atoms with Gasteiger partial charge < -0.3 is 5.11 Å². The standard InChI is InChI=1S/C14H21Cl2NO3S/c1-4-14(5-2,6-3)17-21(19,20)13-7-10(9-18)11(15)8-12(13)16/h7-8,17-18H,4-6,9H2,1-3H3. The molecular weight excluding hydrogens is 333 g/mol. The Morgan fingerprint density at radius 1 is 1.10 bits per heavy atom. The summed E-state index contributed by atoms with van der Waals surface area (Å²) in [4.78, 5) is -0.0580. The first kappa shape index (κ1) is 18.7. The zero-order valence-corrected chi connectivity index (χ0v) is 14.7. The van der Waals surface area contributed by atoms with E-state index in [1.807, 2.05) is 20.8 Å². The lowest BCUT2D eigenvalue weighted by atomic mass is 9.91. The number of hydrogen-bond donors (Lipinski definition) is 2. The molecule has 0 radical (unpaired) electrons. The first-order chi connectivity index (χ1) is 9.75. The Balaban J connectivity index is 3.31. The van der Waals surface area contributed by atoms with E-state index in [0.29, 0.717) is 24.8 Å². The molecule has 1 aromatic carbocycles. The molecule has 0 aliphatic carbocycles. The Morgan fingerprint density at radius 3 is 2.05 bits per heavy atom. The fraction of sp³-hybridized carbons (Fsp3) is 0.571. The second-order valence-electron chi connectivity index (χ2n) is 4.98. The zero-order valence-electron chi connectivity index (χ0n) is 12.4. The fourth-order valence-corrected chi connectivity index (χ4v) is 4.68. The molecule has 0 saturated carbocycles. The predicted molar refractivity (Wildman–Crippen MR) is 86.3 cm³/mol. The first-order valence-electron chi connectivity index (χ1n) is 6.88. The van der Waals surface area contributed by atoms with Crippen molar-refractivity contribution in [1.82, 2.24) is 4.72 Å². The minimum atomic E-state index is -3.79. The van der Waals surface area contributed by atoms with Crippen LogP contribution in [0.25, 0.3) is 0 Å². The average molecular weight is 354 g/mol. The van der Waals surface area contributed by atoms with Crippen LogP contribution >= 0.6 is 23.2 Å². The fourth-order valence-electron chi connectivity index (χ4n) is 2.20. The summed E-state index contributed by atoms with van der Waals surface area (Å²) >= 11 is 11.9. The van der Waals surface area contributed by atoms with E-state index in [2.05, 4.69) is 4.72 Å². The lowest BCUT2D eigenvalue weighted by molar-refractivity contribution is 0.281. The van der Waals surface area contributed by atoms with Gasteiger partial charge >= 0.3 is 0 Å². The van der Waals surface area contributed by atoms with Crippen molar-refractivity contribution < 1.29 is 13.5 Å². The van der Waals surface area contributed by atoms with Crippen molar-refractivity contribution in [3.8, 4) is 0 Å². The molecule has 4 nitrogen and oxygen atoms in total. The zero-order chi connectivity index (χ0) is 16.3. The molecule has 0 heterocycles. The van der Waals surface area contributed by atoms with Crippen LogP contribution in [0.1, 0.15) is 45.6 Å². The highest BCUT2D eigenvalue weighted by Gasteiger charge is 2.31. The maximum atomic E-state index is 12.6. The van der Waals surface area contributed by atoms with Gasteiger partial charge in [-0.1, -0.05) is 44.0 Å². The van der Waals surface area contributed by atoms with Crippen LogP contribution in [0.4, 0.5) is 0 Å². The molecule has 1 rings (SSSR count). The molecule has 0 amide bonds. The van der Waals surface area contributed by atoms with Gasteiger partial charge in [-0.3, -0.25) is 0 Å². The maximum absolute atomic E-state index is 12.6. The summed E-state index contributed by atoms with van der Waals surface area (Å²) in [6.07, 6.45) is 2.03. The summed E-state index contributed by atoms with van der Waals surface area (Å²) < 4.78 is 28.0. The summed E-state index contributed by atoms with van der Waals surface area (Å²) in [5.41, 5.74) is -0.169. The van der Waals surface area contributed by atoms with Crippen LogP contribution in [0.15, 0.2) is 17.0 Å². The number of aliphatic hydroxyl groups excluding tert-OH is 1. The molecule has 0 spiro atoms. The number of sulfonamides is 1. The predicted octanol–water partition coefficient (Wildman–Crippen LogP) is 3.73. The van der Waals surface area contributed by atoms with Crippen molar-refractivity contribution in [3.05, 3.63) is 27.7 Å². The highest BCUT2D eigenvalue weighted by Crippen LogP contribution is 2.31. The van der Waals surface area contributed by atoms with Gasteiger partial charge in [0.2, 0.25) is 10.0 Å². The number of benzene rings is 1. The summed E-state index contributed by atoms with van der Waals surface area (Å²) in [7, 11) is -3.79. The van der Waals surface area contributed by atoms with E-state index in [-0.39, 0.29) is 21.5 Å². The molecule has 0 fully saturated rings. The number of rotatable bonds is 7. The van der Waals surface area contributed by atoms with Gasteiger partial charge in [0.05, 0.1) is 11.6 Å². The highest BCUT2D eigenvalue weighted by atomic mass is 35.5. The second-order valence-corrected chi connectivity index (χ2v) is 7.44. The van der Waals surface area contributed by atoms with Gasteiger partial charge in [-0.15, -0.1) is 0 Å². The van der Waals surface area contributed by atoms with Gasteiger partial charge in [-0.05, 0) is 37.0 Å². The van der Waals surface area contributed by atoms with E-state index in [0.717, 1.165) is 0 Å². The first-order valence-corrected chi connectivity index (χ1v) is 9.12. The van der Waals surface area contributed by atoms with Crippen LogP contribution in [-0.2, 0) is 16.6 Å². The normalized spacial score (nSPS) is 12.7. The molecule has 0 aliphatic rings. The van der Waals surface area contributed by atoms with Crippen molar-refractivity contribution in [2.75, 3.05) is 0 Å². The van der Waals surface area contributed by atoms with Gasteiger partial charge in [0.15, 0.2) is 0 Å². The molecule has 0 bridgehead atoms. The minimum Gasteiger partial charge on any atom is -0.392 e. The monoisotopic (exact) mass is 353 g/mol. The van der Waals surface area contributed by atoms with Crippen LogP contribution < -0.4 is 4.72 Å². The summed E-state index contributed by atoms with van der Waals surface area (Å²) in [5, 5.41) is 9.52. The maximum Gasteiger partial charge on any atom is 0.242 e. The molecule has 0 saturated heterocycles. The third kappa shape index (κ3) is 4.11. The summed E-state index contributed by atoms with van der Waals surface area (Å²) in [6, 6.07) is 2.66. The highest BCUT2D eigenvalue weighted by molar-refractivity contribution is 7.89. The number of hydrogen-bond acceptors (Lipinski definition) is 3. The van der Waals surface area contributed by atoms with Gasteiger partial charge in [-0.25, -0.2) is 13.1 Å². The van der Waals surface area contributed by atoms with Crippen LogP contribution in [0.5, 0.6) is 0 Å². The van der Waals surface area contributed by atoms with Gasteiger partial charge in [0.1, 0.15) is 4.90 Å². The van der Waals surface area contributed by atoms with Crippen LogP contribution in [0.2, 0.25) is 10.0 Å². The van der Waals surface area contributed by atoms with Crippen molar-refractivity contribution in [3.63, 3.8) is 0 Å². The largest absolute Gasteiger partial charge is 0.392 e.